The predicted octanol–water partition coefficient (Wildman–Crippen LogP) is 2.62. The lowest BCUT2D eigenvalue weighted by molar-refractivity contribution is -0.135. The van der Waals surface area contributed by atoms with Crippen LogP contribution in [0.2, 0.25) is 0 Å². The lowest BCUT2D eigenvalue weighted by Crippen LogP contribution is -2.52. The number of rotatable bonds is 4. The molecular formula is C19H22N2O3. The Labute approximate surface area is 141 Å². The third-order valence-electron chi connectivity index (χ3n) is 4.41. The van der Waals surface area contributed by atoms with E-state index in [4.69, 9.17) is 4.42 Å². The van der Waals surface area contributed by atoms with Gasteiger partial charge in [0.15, 0.2) is 5.76 Å². The first-order valence-corrected chi connectivity index (χ1v) is 8.26. The SMILES string of the molecule is CC(C)[C@H](NC(=O)c1ccco1)C(=O)N1CCc2ccccc2C1. The third kappa shape index (κ3) is 3.35. The summed E-state index contributed by atoms with van der Waals surface area (Å²) in [7, 11) is 0. The molecule has 0 unspecified atom stereocenters. The van der Waals surface area contributed by atoms with Crippen LogP contribution in [0, 0.1) is 5.92 Å². The highest BCUT2D eigenvalue weighted by atomic mass is 16.3. The van der Waals surface area contributed by atoms with Crippen LogP contribution in [0.25, 0.3) is 0 Å². The van der Waals surface area contributed by atoms with Crippen LogP contribution in [0.3, 0.4) is 0 Å². The Morgan fingerprint density at radius 1 is 1.12 bits per heavy atom. The highest BCUT2D eigenvalue weighted by Gasteiger charge is 2.31. The Hall–Kier alpha value is -2.56. The zero-order valence-corrected chi connectivity index (χ0v) is 14.0. The zero-order valence-electron chi connectivity index (χ0n) is 14.0. The van der Waals surface area contributed by atoms with Gasteiger partial charge in [-0.05, 0) is 35.6 Å². The summed E-state index contributed by atoms with van der Waals surface area (Å²) in [6, 6.07) is 10.9. The van der Waals surface area contributed by atoms with Crippen molar-refractivity contribution in [2.24, 2.45) is 5.92 Å². The van der Waals surface area contributed by atoms with Crippen molar-refractivity contribution >= 4 is 11.8 Å². The molecule has 1 aliphatic rings. The molecule has 2 amide bonds. The summed E-state index contributed by atoms with van der Waals surface area (Å²) in [5, 5.41) is 2.82. The first-order chi connectivity index (χ1) is 11.6. The molecule has 2 heterocycles. The van der Waals surface area contributed by atoms with E-state index in [9.17, 15) is 9.59 Å². The summed E-state index contributed by atoms with van der Waals surface area (Å²) in [6.45, 7) is 5.14. The van der Waals surface area contributed by atoms with E-state index in [2.05, 4.69) is 17.4 Å². The molecule has 1 aromatic carbocycles. The monoisotopic (exact) mass is 326 g/mol. The van der Waals surface area contributed by atoms with E-state index in [1.807, 2.05) is 30.9 Å². The Bertz CT molecular complexity index is 722. The van der Waals surface area contributed by atoms with E-state index in [-0.39, 0.29) is 23.5 Å². The molecule has 24 heavy (non-hydrogen) atoms. The summed E-state index contributed by atoms with van der Waals surface area (Å²) < 4.78 is 5.11. The molecule has 0 radical (unpaired) electrons. The maximum Gasteiger partial charge on any atom is 0.287 e. The second-order valence-electron chi connectivity index (χ2n) is 6.45. The molecular weight excluding hydrogens is 304 g/mol. The number of nitrogens with one attached hydrogen (secondary N) is 1. The number of furan rings is 1. The summed E-state index contributed by atoms with van der Waals surface area (Å²) in [6.07, 6.45) is 2.29. The first kappa shape index (κ1) is 16.3. The standard InChI is InChI=1S/C19H22N2O3/c1-13(2)17(20-18(22)16-8-5-11-24-16)19(23)21-10-9-14-6-3-4-7-15(14)12-21/h3-8,11,13,17H,9-10,12H2,1-2H3,(H,20,22)/t17-/m0/s1. The zero-order chi connectivity index (χ0) is 17.1. The summed E-state index contributed by atoms with van der Waals surface area (Å²) >= 11 is 0. The predicted molar refractivity (Wildman–Crippen MR) is 90.4 cm³/mol. The molecule has 0 fully saturated rings. The molecule has 126 valence electrons. The van der Waals surface area contributed by atoms with Gasteiger partial charge in [0.05, 0.1) is 6.26 Å². The van der Waals surface area contributed by atoms with Gasteiger partial charge in [0.1, 0.15) is 6.04 Å². The number of hydrogen-bond donors (Lipinski definition) is 1. The van der Waals surface area contributed by atoms with Crippen LogP contribution in [-0.2, 0) is 17.8 Å². The maximum absolute atomic E-state index is 12.9. The molecule has 0 saturated carbocycles. The number of benzene rings is 1. The van der Waals surface area contributed by atoms with Gasteiger partial charge in [-0.15, -0.1) is 0 Å². The fourth-order valence-electron chi connectivity index (χ4n) is 3.01. The van der Waals surface area contributed by atoms with Gasteiger partial charge < -0.3 is 14.6 Å². The number of fused-ring (bicyclic) bond motifs is 1. The van der Waals surface area contributed by atoms with Crippen molar-refractivity contribution in [2.75, 3.05) is 6.54 Å². The highest BCUT2D eigenvalue weighted by Crippen LogP contribution is 2.20. The normalized spacial score (nSPS) is 15.0. The van der Waals surface area contributed by atoms with E-state index < -0.39 is 6.04 Å². The Balaban J connectivity index is 1.72. The van der Waals surface area contributed by atoms with Crippen molar-refractivity contribution in [3.63, 3.8) is 0 Å². The lowest BCUT2D eigenvalue weighted by atomic mass is 9.97. The Morgan fingerprint density at radius 3 is 2.54 bits per heavy atom. The van der Waals surface area contributed by atoms with Crippen LogP contribution in [0.5, 0.6) is 0 Å². The van der Waals surface area contributed by atoms with E-state index in [0.29, 0.717) is 13.1 Å². The molecule has 5 heteroatoms. The average Bonchev–Trinajstić information content (AvgIpc) is 3.13. The van der Waals surface area contributed by atoms with E-state index >= 15 is 0 Å². The molecule has 1 aliphatic heterocycles. The molecule has 0 aliphatic carbocycles. The van der Waals surface area contributed by atoms with Crippen molar-refractivity contribution in [3.8, 4) is 0 Å². The molecule has 0 saturated heterocycles. The van der Waals surface area contributed by atoms with E-state index in [0.717, 1.165) is 6.42 Å². The van der Waals surface area contributed by atoms with Gasteiger partial charge in [0.25, 0.3) is 5.91 Å². The van der Waals surface area contributed by atoms with Gasteiger partial charge in [-0.1, -0.05) is 38.1 Å². The van der Waals surface area contributed by atoms with Crippen LogP contribution in [0.15, 0.2) is 47.1 Å². The minimum atomic E-state index is -0.562. The fraction of sp³-hybridized carbons (Fsp3) is 0.368. The van der Waals surface area contributed by atoms with Gasteiger partial charge >= 0.3 is 0 Å². The molecule has 2 aromatic rings. The quantitative estimate of drug-likeness (QED) is 0.939. The van der Waals surface area contributed by atoms with Crippen LogP contribution in [0.1, 0.15) is 35.5 Å². The molecule has 0 spiro atoms. The van der Waals surface area contributed by atoms with Crippen LogP contribution in [0.4, 0.5) is 0 Å². The molecule has 1 N–H and O–H groups in total. The first-order valence-electron chi connectivity index (χ1n) is 8.26. The van der Waals surface area contributed by atoms with Crippen molar-refractivity contribution < 1.29 is 14.0 Å². The van der Waals surface area contributed by atoms with Gasteiger partial charge in [-0.2, -0.15) is 0 Å². The maximum atomic E-state index is 12.9. The molecule has 1 aromatic heterocycles. The minimum absolute atomic E-state index is 0.00594. The molecule has 1 atom stereocenters. The third-order valence-corrected chi connectivity index (χ3v) is 4.41. The van der Waals surface area contributed by atoms with Gasteiger partial charge in [0, 0.05) is 13.1 Å². The van der Waals surface area contributed by atoms with Crippen molar-refractivity contribution in [1.29, 1.82) is 0 Å². The van der Waals surface area contributed by atoms with Crippen LogP contribution in [-0.4, -0.2) is 29.3 Å². The van der Waals surface area contributed by atoms with Gasteiger partial charge in [0.2, 0.25) is 5.91 Å². The van der Waals surface area contributed by atoms with E-state index in [1.165, 1.54) is 17.4 Å². The summed E-state index contributed by atoms with van der Waals surface area (Å²) in [5.41, 5.74) is 2.47. The number of carbonyl (C=O) groups excluding carboxylic acids is 2. The molecule has 0 bridgehead atoms. The second kappa shape index (κ2) is 6.91. The number of amides is 2. The Morgan fingerprint density at radius 2 is 1.88 bits per heavy atom. The van der Waals surface area contributed by atoms with Gasteiger partial charge in [-0.3, -0.25) is 9.59 Å². The molecule has 3 rings (SSSR count). The average molecular weight is 326 g/mol. The van der Waals surface area contributed by atoms with E-state index in [1.54, 1.807) is 12.1 Å². The summed E-state index contributed by atoms with van der Waals surface area (Å²) in [5.74, 6) is -0.185. The second-order valence-corrected chi connectivity index (χ2v) is 6.45. The number of carbonyl (C=O) groups is 2. The van der Waals surface area contributed by atoms with Gasteiger partial charge in [-0.25, -0.2) is 0 Å². The smallest absolute Gasteiger partial charge is 0.287 e. The Kier molecular flexibility index (Phi) is 4.69. The van der Waals surface area contributed by atoms with Crippen molar-refractivity contribution in [3.05, 3.63) is 59.5 Å². The fourth-order valence-corrected chi connectivity index (χ4v) is 3.01. The van der Waals surface area contributed by atoms with Crippen molar-refractivity contribution in [2.45, 2.75) is 32.9 Å². The number of hydrogen-bond acceptors (Lipinski definition) is 3. The number of nitrogens with zero attached hydrogens (tertiary/aromatic N) is 1. The van der Waals surface area contributed by atoms with Crippen molar-refractivity contribution in [1.82, 2.24) is 10.2 Å². The largest absolute Gasteiger partial charge is 0.459 e. The minimum Gasteiger partial charge on any atom is -0.459 e. The van der Waals surface area contributed by atoms with Crippen LogP contribution < -0.4 is 5.32 Å². The topological polar surface area (TPSA) is 62.6 Å². The lowest BCUT2D eigenvalue weighted by Gasteiger charge is -2.33. The summed E-state index contributed by atoms with van der Waals surface area (Å²) in [4.78, 5) is 27.0. The highest BCUT2D eigenvalue weighted by molar-refractivity contribution is 5.95. The van der Waals surface area contributed by atoms with Crippen LogP contribution >= 0.6 is 0 Å². The molecule has 5 nitrogen and oxygen atoms in total.